The smallest absolute Gasteiger partial charge is 0.334 e. The third kappa shape index (κ3) is 4.25. The van der Waals surface area contributed by atoms with Gasteiger partial charge in [-0.3, -0.25) is 25.8 Å². The lowest BCUT2D eigenvalue weighted by Crippen LogP contribution is -2.30. The van der Waals surface area contributed by atoms with Crippen molar-refractivity contribution in [3.8, 4) is 0 Å². The number of fused-ring (bicyclic) bond motifs is 1. The van der Waals surface area contributed by atoms with Gasteiger partial charge in [0.2, 0.25) is 11.6 Å². The summed E-state index contributed by atoms with van der Waals surface area (Å²) in [7, 11) is 0. The molecular weight excluding hydrogens is 396 g/mol. The first-order chi connectivity index (χ1) is 15.0. The SMILES string of the molecule is Cc1ccc(C(=O)NNc2ncnc(Nc3cccc4ccccc34)c2[N+](=O)[O-])cc1. The monoisotopic (exact) mass is 414 g/mol. The van der Waals surface area contributed by atoms with Crippen LogP contribution in [0, 0.1) is 17.0 Å². The Hall–Kier alpha value is -4.53. The molecule has 31 heavy (non-hydrogen) atoms. The average Bonchev–Trinajstić information content (AvgIpc) is 2.78. The molecule has 154 valence electrons. The Balaban J connectivity index is 1.61. The van der Waals surface area contributed by atoms with Gasteiger partial charge in [-0.25, -0.2) is 9.97 Å². The van der Waals surface area contributed by atoms with E-state index in [2.05, 4.69) is 26.1 Å². The molecule has 1 aromatic heterocycles. The topological polar surface area (TPSA) is 122 Å². The molecule has 3 N–H and O–H groups in total. The lowest BCUT2D eigenvalue weighted by Gasteiger charge is -2.12. The predicted molar refractivity (Wildman–Crippen MR) is 118 cm³/mol. The molecule has 0 saturated heterocycles. The fourth-order valence-corrected chi connectivity index (χ4v) is 3.09. The third-order valence-corrected chi connectivity index (χ3v) is 4.66. The van der Waals surface area contributed by atoms with E-state index < -0.39 is 10.8 Å². The van der Waals surface area contributed by atoms with Crippen molar-refractivity contribution in [2.24, 2.45) is 0 Å². The number of carbonyl (C=O) groups excluding carboxylic acids is 1. The zero-order valence-corrected chi connectivity index (χ0v) is 16.5. The number of anilines is 3. The number of amides is 1. The van der Waals surface area contributed by atoms with Crippen molar-refractivity contribution >= 4 is 39.7 Å². The summed E-state index contributed by atoms with van der Waals surface area (Å²) < 4.78 is 0. The molecule has 0 saturated carbocycles. The summed E-state index contributed by atoms with van der Waals surface area (Å²) in [5, 5.41) is 16.7. The Morgan fingerprint density at radius 3 is 2.42 bits per heavy atom. The normalized spacial score (nSPS) is 10.5. The maximum Gasteiger partial charge on any atom is 0.355 e. The number of aryl methyl sites for hydroxylation is 1. The van der Waals surface area contributed by atoms with Crippen LogP contribution in [0.3, 0.4) is 0 Å². The summed E-state index contributed by atoms with van der Waals surface area (Å²) in [6, 6.07) is 20.2. The summed E-state index contributed by atoms with van der Waals surface area (Å²) in [6.07, 6.45) is 1.18. The lowest BCUT2D eigenvalue weighted by molar-refractivity contribution is -0.383. The number of aromatic nitrogens is 2. The van der Waals surface area contributed by atoms with E-state index in [4.69, 9.17) is 0 Å². The molecule has 3 aromatic carbocycles. The summed E-state index contributed by atoms with van der Waals surface area (Å²) in [5.74, 6) is -0.580. The van der Waals surface area contributed by atoms with Gasteiger partial charge in [-0.15, -0.1) is 0 Å². The number of hydrogen-bond acceptors (Lipinski definition) is 7. The molecule has 0 fully saturated rings. The molecule has 9 heteroatoms. The molecule has 0 unspecified atom stereocenters. The molecule has 0 atom stereocenters. The second-order valence-electron chi connectivity index (χ2n) is 6.77. The number of benzene rings is 3. The number of nitrogens with zero attached hydrogens (tertiary/aromatic N) is 3. The van der Waals surface area contributed by atoms with Crippen LogP contribution in [-0.2, 0) is 0 Å². The van der Waals surface area contributed by atoms with Gasteiger partial charge in [-0.2, -0.15) is 0 Å². The highest BCUT2D eigenvalue weighted by atomic mass is 16.6. The molecule has 1 amide bonds. The van der Waals surface area contributed by atoms with Crippen LogP contribution >= 0.6 is 0 Å². The fourth-order valence-electron chi connectivity index (χ4n) is 3.09. The highest BCUT2D eigenvalue weighted by molar-refractivity contribution is 5.97. The van der Waals surface area contributed by atoms with E-state index in [1.54, 1.807) is 30.3 Å². The minimum atomic E-state index is -0.603. The van der Waals surface area contributed by atoms with Crippen molar-refractivity contribution in [3.63, 3.8) is 0 Å². The average molecular weight is 414 g/mol. The van der Waals surface area contributed by atoms with Gasteiger partial charge in [0.25, 0.3) is 5.91 Å². The Kier molecular flexibility index (Phi) is 5.39. The van der Waals surface area contributed by atoms with Gasteiger partial charge in [0.15, 0.2) is 0 Å². The van der Waals surface area contributed by atoms with E-state index >= 15 is 0 Å². The molecule has 0 aliphatic carbocycles. The van der Waals surface area contributed by atoms with Gasteiger partial charge >= 0.3 is 5.69 Å². The molecule has 0 bridgehead atoms. The summed E-state index contributed by atoms with van der Waals surface area (Å²) in [5.41, 5.74) is 6.67. The number of nitrogens with one attached hydrogen (secondary N) is 3. The van der Waals surface area contributed by atoms with Crippen molar-refractivity contribution < 1.29 is 9.72 Å². The number of nitro groups is 1. The van der Waals surface area contributed by atoms with E-state index in [1.165, 1.54) is 6.33 Å². The highest BCUT2D eigenvalue weighted by Gasteiger charge is 2.24. The molecule has 0 radical (unpaired) electrons. The zero-order chi connectivity index (χ0) is 21.8. The molecule has 4 aromatic rings. The Morgan fingerprint density at radius 2 is 1.65 bits per heavy atom. The summed E-state index contributed by atoms with van der Waals surface area (Å²) >= 11 is 0. The fraction of sp³-hybridized carbons (Fsp3) is 0.0455. The van der Waals surface area contributed by atoms with Gasteiger partial charge < -0.3 is 5.32 Å². The van der Waals surface area contributed by atoms with Crippen LogP contribution in [0.25, 0.3) is 10.8 Å². The van der Waals surface area contributed by atoms with Crippen LogP contribution in [0.1, 0.15) is 15.9 Å². The predicted octanol–water partition coefficient (Wildman–Crippen LogP) is 4.35. The Labute approximate surface area is 177 Å². The van der Waals surface area contributed by atoms with E-state index in [0.29, 0.717) is 11.3 Å². The molecule has 0 aliphatic heterocycles. The summed E-state index contributed by atoms with van der Waals surface area (Å²) in [4.78, 5) is 31.5. The molecule has 1 heterocycles. The van der Waals surface area contributed by atoms with Gasteiger partial charge in [-0.05, 0) is 30.5 Å². The zero-order valence-electron chi connectivity index (χ0n) is 16.5. The Morgan fingerprint density at radius 1 is 0.935 bits per heavy atom. The van der Waals surface area contributed by atoms with Gasteiger partial charge in [0.05, 0.1) is 4.92 Å². The largest absolute Gasteiger partial charge is 0.355 e. The second kappa shape index (κ2) is 8.46. The first-order valence-electron chi connectivity index (χ1n) is 9.40. The maximum absolute atomic E-state index is 12.3. The van der Waals surface area contributed by atoms with E-state index in [-0.39, 0.29) is 17.3 Å². The van der Waals surface area contributed by atoms with Gasteiger partial charge in [0, 0.05) is 16.6 Å². The van der Waals surface area contributed by atoms with Crippen LogP contribution in [0.5, 0.6) is 0 Å². The van der Waals surface area contributed by atoms with Crippen molar-refractivity contribution in [1.29, 1.82) is 0 Å². The minimum absolute atomic E-state index is 0.00318. The maximum atomic E-state index is 12.3. The number of hydrogen-bond donors (Lipinski definition) is 3. The van der Waals surface area contributed by atoms with Crippen molar-refractivity contribution in [2.75, 3.05) is 10.7 Å². The first kappa shape index (κ1) is 19.8. The lowest BCUT2D eigenvalue weighted by atomic mass is 10.1. The molecule has 4 rings (SSSR count). The van der Waals surface area contributed by atoms with Crippen LogP contribution in [-0.4, -0.2) is 20.8 Å². The third-order valence-electron chi connectivity index (χ3n) is 4.66. The standard InChI is InChI=1S/C22H18N6O3/c1-14-9-11-16(12-10-14)22(29)27-26-21-19(28(30)31)20(23-13-24-21)25-18-8-4-6-15-5-2-3-7-17(15)18/h2-13H,1H3,(H,27,29)(H2,23,24,25,26). The van der Waals surface area contributed by atoms with E-state index in [0.717, 1.165) is 16.3 Å². The van der Waals surface area contributed by atoms with Gasteiger partial charge in [-0.1, -0.05) is 54.1 Å². The number of carbonyl (C=O) groups is 1. The van der Waals surface area contributed by atoms with Crippen LogP contribution < -0.4 is 16.2 Å². The molecule has 9 nitrogen and oxygen atoms in total. The van der Waals surface area contributed by atoms with Crippen molar-refractivity contribution in [3.05, 3.63) is 94.3 Å². The first-order valence-corrected chi connectivity index (χ1v) is 9.40. The highest BCUT2D eigenvalue weighted by Crippen LogP contribution is 2.33. The quantitative estimate of drug-likeness (QED) is 0.317. The number of rotatable bonds is 6. The molecule has 0 spiro atoms. The van der Waals surface area contributed by atoms with E-state index in [1.807, 2.05) is 43.3 Å². The van der Waals surface area contributed by atoms with Crippen molar-refractivity contribution in [1.82, 2.24) is 15.4 Å². The van der Waals surface area contributed by atoms with Crippen molar-refractivity contribution in [2.45, 2.75) is 6.92 Å². The Bertz CT molecular complexity index is 1270. The van der Waals surface area contributed by atoms with Crippen LogP contribution in [0.4, 0.5) is 23.0 Å². The molecule has 0 aliphatic rings. The van der Waals surface area contributed by atoms with Gasteiger partial charge in [0.1, 0.15) is 6.33 Å². The summed E-state index contributed by atoms with van der Waals surface area (Å²) in [6.45, 7) is 1.91. The van der Waals surface area contributed by atoms with Crippen LogP contribution in [0.2, 0.25) is 0 Å². The molecular formula is C22H18N6O3. The second-order valence-corrected chi connectivity index (χ2v) is 6.77. The number of hydrazine groups is 1. The van der Waals surface area contributed by atoms with Crippen LogP contribution in [0.15, 0.2) is 73.1 Å². The van der Waals surface area contributed by atoms with E-state index in [9.17, 15) is 14.9 Å². The minimum Gasteiger partial charge on any atom is -0.334 e.